The zero-order chi connectivity index (χ0) is 15.6. The molecule has 0 aromatic heterocycles. The summed E-state index contributed by atoms with van der Waals surface area (Å²) in [6.07, 6.45) is -4.16. The highest BCUT2D eigenvalue weighted by atomic mass is 35.5. The molecule has 8 nitrogen and oxygen atoms in total. The van der Waals surface area contributed by atoms with Crippen LogP contribution in [0.25, 0.3) is 0 Å². The highest BCUT2D eigenvalue weighted by molar-refractivity contribution is 6.32. The Bertz CT molecular complexity index is 526. The van der Waals surface area contributed by atoms with Crippen LogP contribution in [-0.2, 0) is 4.74 Å². The second-order valence-corrected chi connectivity index (χ2v) is 4.99. The number of aliphatic hydroxyl groups is 3. The van der Waals surface area contributed by atoms with E-state index in [2.05, 4.69) is 0 Å². The van der Waals surface area contributed by atoms with E-state index in [1.54, 1.807) is 0 Å². The molecule has 0 saturated carbocycles. The Morgan fingerprint density at radius 1 is 1.43 bits per heavy atom. The summed E-state index contributed by atoms with van der Waals surface area (Å²) in [4.78, 5) is 10.0. The number of nitrogens with zero attached hydrogens (tertiary/aromatic N) is 1. The molecule has 4 atom stereocenters. The fraction of sp³-hybridized carbons (Fsp3) is 0.500. The molecule has 1 aliphatic rings. The maximum absolute atomic E-state index is 10.6. The first kappa shape index (κ1) is 15.9. The third kappa shape index (κ3) is 3.60. The van der Waals surface area contributed by atoms with E-state index in [1.165, 1.54) is 12.1 Å². The first-order valence-electron chi connectivity index (χ1n) is 6.15. The van der Waals surface area contributed by atoms with Crippen molar-refractivity contribution in [3.8, 4) is 5.75 Å². The average molecular weight is 320 g/mol. The molecule has 1 aliphatic heterocycles. The molecule has 1 heterocycles. The van der Waals surface area contributed by atoms with Gasteiger partial charge in [0.25, 0.3) is 5.69 Å². The minimum absolute atomic E-state index is 0.00771. The third-order valence-electron chi connectivity index (χ3n) is 3.08. The normalized spacial score (nSPS) is 29.1. The molecule has 9 heteroatoms. The lowest BCUT2D eigenvalue weighted by molar-refractivity contribution is -0.384. The van der Waals surface area contributed by atoms with Gasteiger partial charge in [-0.15, -0.1) is 0 Å². The number of rotatable bonds is 4. The van der Waals surface area contributed by atoms with Crippen molar-refractivity contribution in [2.75, 3.05) is 6.61 Å². The SMILES string of the molecule is O=[N+]([O-])c1ccc(O[C@@H]2O[C@H](CO)[C@@H](O)C[C@H]2O)c(Cl)c1. The highest BCUT2D eigenvalue weighted by Crippen LogP contribution is 2.31. The molecule has 0 bridgehead atoms. The molecule has 1 aromatic carbocycles. The summed E-state index contributed by atoms with van der Waals surface area (Å²) in [5.41, 5.74) is -0.193. The predicted octanol–water partition coefficient (Wildman–Crippen LogP) is 0.456. The summed E-state index contributed by atoms with van der Waals surface area (Å²) in [5, 5.41) is 39.0. The van der Waals surface area contributed by atoms with Gasteiger partial charge in [-0.2, -0.15) is 0 Å². The standard InChI is InChI=1S/C12H14ClNO7/c13-7-3-6(14(18)19)1-2-10(7)20-12-9(17)4-8(16)11(5-15)21-12/h1-3,8-9,11-12,15-17H,4-5H2/t8-,9+,11+,12+/m0/s1. The van der Waals surface area contributed by atoms with Crippen LogP contribution in [0.3, 0.4) is 0 Å². The molecule has 3 N–H and O–H groups in total. The lowest BCUT2D eigenvalue weighted by atomic mass is 10.0. The van der Waals surface area contributed by atoms with E-state index < -0.39 is 36.1 Å². The van der Waals surface area contributed by atoms with Crippen molar-refractivity contribution in [1.29, 1.82) is 0 Å². The van der Waals surface area contributed by atoms with Crippen LogP contribution in [0.1, 0.15) is 6.42 Å². The van der Waals surface area contributed by atoms with Gasteiger partial charge in [-0.1, -0.05) is 11.6 Å². The summed E-state index contributed by atoms with van der Waals surface area (Å²) in [6, 6.07) is 3.61. The number of ether oxygens (including phenoxy) is 2. The Balaban J connectivity index is 2.12. The minimum atomic E-state index is -1.13. The molecule has 1 saturated heterocycles. The van der Waals surface area contributed by atoms with Gasteiger partial charge in [0.15, 0.2) is 0 Å². The summed E-state index contributed by atoms with van der Waals surface area (Å²) < 4.78 is 10.6. The molecule has 0 unspecified atom stereocenters. The molecular formula is C12H14ClNO7. The van der Waals surface area contributed by atoms with Crippen LogP contribution in [0.5, 0.6) is 5.75 Å². The molecular weight excluding hydrogens is 306 g/mol. The summed E-state index contributed by atoms with van der Waals surface area (Å²) in [7, 11) is 0. The second-order valence-electron chi connectivity index (χ2n) is 4.59. The van der Waals surface area contributed by atoms with Crippen molar-refractivity contribution in [2.45, 2.75) is 31.0 Å². The van der Waals surface area contributed by atoms with Crippen LogP contribution >= 0.6 is 11.6 Å². The van der Waals surface area contributed by atoms with Crippen LogP contribution in [0, 0.1) is 10.1 Å². The van der Waals surface area contributed by atoms with Crippen LogP contribution < -0.4 is 4.74 Å². The number of benzene rings is 1. The summed E-state index contributed by atoms with van der Waals surface area (Å²) in [6.45, 7) is -0.429. The Hall–Kier alpha value is -1.45. The number of nitro groups is 1. The van der Waals surface area contributed by atoms with Crippen molar-refractivity contribution in [1.82, 2.24) is 0 Å². The molecule has 1 aromatic rings. The predicted molar refractivity (Wildman–Crippen MR) is 71.1 cm³/mol. The van der Waals surface area contributed by atoms with Crippen LogP contribution in [0.4, 0.5) is 5.69 Å². The lowest BCUT2D eigenvalue weighted by Crippen LogP contribution is -2.51. The molecule has 0 radical (unpaired) electrons. The van der Waals surface area contributed by atoms with E-state index >= 15 is 0 Å². The van der Waals surface area contributed by atoms with E-state index in [0.717, 1.165) is 6.07 Å². The van der Waals surface area contributed by atoms with Gasteiger partial charge in [-0.3, -0.25) is 10.1 Å². The Morgan fingerprint density at radius 3 is 2.71 bits per heavy atom. The Kier molecular flexibility index (Phi) is 4.96. The van der Waals surface area contributed by atoms with Gasteiger partial charge in [0.1, 0.15) is 18.0 Å². The molecule has 21 heavy (non-hydrogen) atoms. The molecule has 0 aliphatic carbocycles. The van der Waals surface area contributed by atoms with E-state index in [1.807, 2.05) is 0 Å². The number of hydrogen-bond acceptors (Lipinski definition) is 7. The van der Waals surface area contributed by atoms with Crippen LogP contribution in [0.15, 0.2) is 18.2 Å². The number of hydrogen-bond donors (Lipinski definition) is 3. The van der Waals surface area contributed by atoms with E-state index in [0.29, 0.717) is 0 Å². The van der Waals surface area contributed by atoms with Crippen molar-refractivity contribution < 1.29 is 29.7 Å². The van der Waals surface area contributed by atoms with Gasteiger partial charge in [0, 0.05) is 18.6 Å². The number of non-ortho nitro benzene ring substituents is 1. The van der Waals surface area contributed by atoms with Gasteiger partial charge in [0.2, 0.25) is 6.29 Å². The maximum Gasteiger partial charge on any atom is 0.271 e. The number of halogens is 1. The second kappa shape index (κ2) is 6.54. The Labute approximate surface area is 124 Å². The topological polar surface area (TPSA) is 122 Å². The Morgan fingerprint density at radius 2 is 2.14 bits per heavy atom. The van der Waals surface area contributed by atoms with Crippen LogP contribution in [0.2, 0.25) is 5.02 Å². The van der Waals surface area contributed by atoms with Gasteiger partial charge in [0.05, 0.1) is 22.7 Å². The lowest BCUT2D eigenvalue weighted by Gasteiger charge is -2.36. The zero-order valence-electron chi connectivity index (χ0n) is 10.8. The quantitative estimate of drug-likeness (QED) is 0.544. The first-order chi connectivity index (χ1) is 9.92. The first-order valence-corrected chi connectivity index (χ1v) is 6.53. The van der Waals surface area contributed by atoms with Gasteiger partial charge in [-0.05, 0) is 6.07 Å². The van der Waals surface area contributed by atoms with Gasteiger partial charge < -0.3 is 24.8 Å². The number of nitro benzene ring substituents is 1. The molecule has 0 spiro atoms. The van der Waals surface area contributed by atoms with Crippen LogP contribution in [-0.4, -0.2) is 51.5 Å². The fourth-order valence-electron chi connectivity index (χ4n) is 1.96. The maximum atomic E-state index is 10.6. The fourth-order valence-corrected chi connectivity index (χ4v) is 2.18. The third-order valence-corrected chi connectivity index (χ3v) is 3.38. The largest absolute Gasteiger partial charge is 0.461 e. The van der Waals surface area contributed by atoms with Crippen molar-refractivity contribution in [3.05, 3.63) is 33.3 Å². The van der Waals surface area contributed by atoms with Crippen molar-refractivity contribution in [2.24, 2.45) is 0 Å². The monoisotopic (exact) mass is 319 g/mol. The van der Waals surface area contributed by atoms with E-state index in [4.69, 9.17) is 26.2 Å². The smallest absolute Gasteiger partial charge is 0.271 e. The van der Waals surface area contributed by atoms with E-state index in [9.17, 15) is 20.3 Å². The minimum Gasteiger partial charge on any atom is -0.461 e. The highest BCUT2D eigenvalue weighted by Gasteiger charge is 2.37. The van der Waals surface area contributed by atoms with Crippen molar-refractivity contribution >= 4 is 17.3 Å². The molecule has 0 amide bonds. The average Bonchev–Trinajstić information content (AvgIpc) is 2.43. The van der Waals surface area contributed by atoms with E-state index in [-0.39, 0.29) is 22.9 Å². The summed E-state index contributed by atoms with van der Waals surface area (Å²) >= 11 is 5.87. The zero-order valence-corrected chi connectivity index (χ0v) is 11.5. The molecule has 2 rings (SSSR count). The van der Waals surface area contributed by atoms with Gasteiger partial charge in [-0.25, -0.2) is 0 Å². The molecule has 1 fully saturated rings. The van der Waals surface area contributed by atoms with Gasteiger partial charge >= 0.3 is 0 Å². The molecule has 116 valence electrons. The van der Waals surface area contributed by atoms with Crippen molar-refractivity contribution in [3.63, 3.8) is 0 Å². The number of aliphatic hydroxyl groups excluding tert-OH is 3. The summed E-state index contributed by atoms with van der Waals surface area (Å²) in [5.74, 6) is 0.0967.